The minimum Gasteiger partial charge on any atom is -0.465 e. The lowest BCUT2D eigenvalue weighted by molar-refractivity contribution is -0.384. The fourth-order valence-electron chi connectivity index (χ4n) is 2.33. The van der Waals surface area contributed by atoms with Crippen molar-refractivity contribution in [3.05, 3.63) is 27.5 Å². The third kappa shape index (κ3) is 3.08. The third-order valence-electron chi connectivity index (χ3n) is 3.13. The predicted octanol–water partition coefficient (Wildman–Crippen LogP) is 1.88. The van der Waals surface area contributed by atoms with E-state index in [1.165, 1.54) is 12.3 Å². The average molecular weight is 301 g/mol. The first kappa shape index (κ1) is 14.3. The molecule has 9 heteroatoms. The fraction of sp³-hybridized carbons (Fsp3) is 0.455. The SMILES string of the molecule is O=C(O)NC1CCCN(c2ccnc(Cl)c2[N+](=O)[O-])C1. The molecule has 2 heterocycles. The van der Waals surface area contributed by atoms with Crippen LogP contribution in [0.3, 0.4) is 0 Å². The Hall–Kier alpha value is -2.09. The largest absolute Gasteiger partial charge is 0.465 e. The summed E-state index contributed by atoms with van der Waals surface area (Å²) in [5.41, 5.74) is 0.122. The summed E-state index contributed by atoms with van der Waals surface area (Å²) in [7, 11) is 0. The number of hydrogen-bond donors (Lipinski definition) is 2. The number of hydrogen-bond acceptors (Lipinski definition) is 5. The Morgan fingerprint density at radius 2 is 2.40 bits per heavy atom. The van der Waals surface area contributed by atoms with E-state index in [1.807, 2.05) is 0 Å². The Bertz CT molecular complexity index is 539. The van der Waals surface area contributed by atoms with Crippen LogP contribution in [0.1, 0.15) is 12.8 Å². The normalized spacial score (nSPS) is 18.6. The van der Waals surface area contributed by atoms with Gasteiger partial charge in [0.1, 0.15) is 5.69 Å². The Balaban J connectivity index is 2.25. The van der Waals surface area contributed by atoms with E-state index in [2.05, 4.69) is 10.3 Å². The molecule has 8 nitrogen and oxygen atoms in total. The second-order valence-corrected chi connectivity index (χ2v) is 4.82. The van der Waals surface area contributed by atoms with Gasteiger partial charge in [-0.05, 0) is 18.9 Å². The van der Waals surface area contributed by atoms with E-state index >= 15 is 0 Å². The topological polar surface area (TPSA) is 109 Å². The minimum absolute atomic E-state index is 0.166. The number of pyridine rings is 1. The number of piperidine rings is 1. The summed E-state index contributed by atoms with van der Waals surface area (Å²) in [6, 6.07) is 1.26. The van der Waals surface area contributed by atoms with Crippen molar-refractivity contribution in [3.63, 3.8) is 0 Å². The van der Waals surface area contributed by atoms with Gasteiger partial charge in [-0.25, -0.2) is 9.78 Å². The first-order chi connectivity index (χ1) is 9.49. The highest BCUT2D eigenvalue weighted by Gasteiger charge is 2.28. The second-order valence-electron chi connectivity index (χ2n) is 4.46. The van der Waals surface area contributed by atoms with Crippen molar-refractivity contribution in [2.75, 3.05) is 18.0 Å². The molecular formula is C11H13ClN4O4. The van der Waals surface area contributed by atoms with Gasteiger partial charge in [0.15, 0.2) is 0 Å². The number of nitrogens with one attached hydrogen (secondary N) is 1. The molecule has 1 atom stereocenters. The summed E-state index contributed by atoms with van der Waals surface area (Å²) in [6.45, 7) is 0.979. The number of amides is 1. The van der Waals surface area contributed by atoms with Crippen LogP contribution in [-0.2, 0) is 0 Å². The van der Waals surface area contributed by atoms with Gasteiger partial charge in [0.2, 0.25) is 5.15 Å². The smallest absolute Gasteiger partial charge is 0.404 e. The molecule has 1 aliphatic rings. The molecule has 0 spiro atoms. The molecule has 1 fully saturated rings. The van der Waals surface area contributed by atoms with Crippen molar-refractivity contribution < 1.29 is 14.8 Å². The van der Waals surface area contributed by atoms with E-state index in [9.17, 15) is 14.9 Å². The first-order valence-corrected chi connectivity index (χ1v) is 6.40. The molecule has 1 amide bonds. The average Bonchev–Trinajstić information content (AvgIpc) is 2.37. The maximum atomic E-state index is 11.1. The van der Waals surface area contributed by atoms with E-state index in [0.717, 1.165) is 6.42 Å². The van der Waals surface area contributed by atoms with E-state index in [1.54, 1.807) is 4.90 Å². The monoisotopic (exact) mass is 300 g/mol. The number of carboxylic acid groups (broad SMARTS) is 1. The quantitative estimate of drug-likeness (QED) is 0.501. The van der Waals surface area contributed by atoms with Crippen LogP contribution in [0, 0.1) is 10.1 Å². The molecule has 1 saturated heterocycles. The van der Waals surface area contributed by atoms with Crippen molar-refractivity contribution in [1.82, 2.24) is 10.3 Å². The number of aromatic nitrogens is 1. The van der Waals surface area contributed by atoms with Crippen molar-refractivity contribution in [2.24, 2.45) is 0 Å². The Morgan fingerprint density at radius 3 is 3.05 bits per heavy atom. The van der Waals surface area contributed by atoms with Crippen LogP contribution in [0.25, 0.3) is 0 Å². The molecule has 1 aliphatic heterocycles. The summed E-state index contributed by atoms with van der Waals surface area (Å²) in [6.07, 6.45) is 1.75. The number of rotatable bonds is 3. The summed E-state index contributed by atoms with van der Waals surface area (Å²) in [4.78, 5) is 26.7. The summed E-state index contributed by atoms with van der Waals surface area (Å²) in [5.74, 6) is 0. The van der Waals surface area contributed by atoms with E-state index in [0.29, 0.717) is 25.2 Å². The maximum absolute atomic E-state index is 11.1. The van der Waals surface area contributed by atoms with Crippen molar-refractivity contribution in [3.8, 4) is 0 Å². The number of nitro groups is 1. The zero-order valence-corrected chi connectivity index (χ0v) is 11.2. The summed E-state index contributed by atoms with van der Waals surface area (Å²) >= 11 is 5.78. The molecule has 20 heavy (non-hydrogen) atoms. The highest BCUT2D eigenvalue weighted by atomic mass is 35.5. The number of anilines is 1. The zero-order chi connectivity index (χ0) is 14.7. The van der Waals surface area contributed by atoms with E-state index in [4.69, 9.17) is 16.7 Å². The molecule has 2 N–H and O–H groups in total. The lowest BCUT2D eigenvalue weighted by Crippen LogP contribution is -2.47. The van der Waals surface area contributed by atoms with Crippen molar-refractivity contribution in [2.45, 2.75) is 18.9 Å². The van der Waals surface area contributed by atoms with Gasteiger partial charge in [0.25, 0.3) is 0 Å². The molecule has 0 bridgehead atoms. The molecule has 1 aromatic rings. The Kier molecular flexibility index (Phi) is 4.23. The van der Waals surface area contributed by atoms with E-state index in [-0.39, 0.29) is 16.9 Å². The molecule has 0 aromatic carbocycles. The van der Waals surface area contributed by atoms with Gasteiger partial charge in [-0.1, -0.05) is 11.6 Å². The Labute approximate surface area is 119 Å². The van der Waals surface area contributed by atoms with Crippen LogP contribution in [0.5, 0.6) is 0 Å². The standard InChI is InChI=1S/C11H13ClN4O4/c12-10-9(16(19)20)8(3-4-13-10)15-5-1-2-7(6-15)14-11(17)18/h3-4,7,14H,1-2,5-6H2,(H,17,18). The highest BCUT2D eigenvalue weighted by Crippen LogP contribution is 2.34. The summed E-state index contributed by atoms with van der Waals surface area (Å²) in [5, 5.41) is 22.1. The number of halogens is 1. The van der Waals surface area contributed by atoms with Gasteiger partial charge in [-0.2, -0.15) is 0 Å². The van der Waals surface area contributed by atoms with Gasteiger partial charge >= 0.3 is 11.8 Å². The van der Waals surface area contributed by atoms with Gasteiger partial charge in [-0.15, -0.1) is 0 Å². The van der Waals surface area contributed by atoms with Gasteiger partial charge in [-0.3, -0.25) is 10.1 Å². The van der Waals surface area contributed by atoms with Crippen LogP contribution < -0.4 is 10.2 Å². The second kappa shape index (κ2) is 5.91. The predicted molar refractivity (Wildman–Crippen MR) is 72.3 cm³/mol. The first-order valence-electron chi connectivity index (χ1n) is 6.02. The van der Waals surface area contributed by atoms with Crippen LogP contribution in [0.2, 0.25) is 5.15 Å². The minimum atomic E-state index is -1.10. The summed E-state index contributed by atoms with van der Waals surface area (Å²) < 4.78 is 0. The van der Waals surface area contributed by atoms with Crippen LogP contribution in [0.4, 0.5) is 16.2 Å². The zero-order valence-electron chi connectivity index (χ0n) is 10.5. The highest BCUT2D eigenvalue weighted by molar-refractivity contribution is 6.32. The van der Waals surface area contributed by atoms with Crippen molar-refractivity contribution in [1.29, 1.82) is 0 Å². The molecular weight excluding hydrogens is 288 g/mol. The lowest BCUT2D eigenvalue weighted by atomic mass is 10.1. The molecule has 0 aliphatic carbocycles. The van der Waals surface area contributed by atoms with Crippen LogP contribution >= 0.6 is 11.6 Å². The van der Waals surface area contributed by atoms with Gasteiger partial charge in [0, 0.05) is 25.3 Å². The number of carbonyl (C=O) groups is 1. The number of nitrogens with zero attached hydrogens (tertiary/aromatic N) is 3. The molecule has 2 rings (SSSR count). The van der Waals surface area contributed by atoms with Gasteiger partial charge < -0.3 is 15.3 Å². The van der Waals surface area contributed by atoms with Crippen LogP contribution in [0.15, 0.2) is 12.3 Å². The van der Waals surface area contributed by atoms with Gasteiger partial charge in [0.05, 0.1) is 4.92 Å². The molecule has 108 valence electrons. The fourth-order valence-corrected chi connectivity index (χ4v) is 2.55. The molecule has 1 unspecified atom stereocenters. The van der Waals surface area contributed by atoms with Crippen LogP contribution in [-0.4, -0.2) is 40.2 Å². The maximum Gasteiger partial charge on any atom is 0.404 e. The van der Waals surface area contributed by atoms with E-state index < -0.39 is 11.0 Å². The third-order valence-corrected chi connectivity index (χ3v) is 3.41. The molecule has 0 radical (unpaired) electrons. The van der Waals surface area contributed by atoms with Crippen molar-refractivity contribution >= 4 is 29.1 Å². The molecule has 0 saturated carbocycles. The molecule has 1 aromatic heterocycles. The lowest BCUT2D eigenvalue weighted by Gasteiger charge is -2.33. The Morgan fingerprint density at radius 1 is 1.65 bits per heavy atom.